The first-order valence-corrected chi connectivity index (χ1v) is 12.9. The molecule has 6 nitrogen and oxygen atoms in total. The van der Waals surface area contributed by atoms with Gasteiger partial charge in [0.2, 0.25) is 0 Å². The molecule has 31 heavy (non-hydrogen) atoms. The van der Waals surface area contributed by atoms with E-state index >= 15 is 0 Å². The molecule has 1 aliphatic heterocycles. The maximum Gasteiger partial charge on any atom is 0.191 e. The normalized spacial score (nSPS) is 17.6. The molecule has 0 spiro atoms. The van der Waals surface area contributed by atoms with Gasteiger partial charge in [0.15, 0.2) is 15.8 Å². The van der Waals surface area contributed by atoms with Crippen LogP contribution in [0.3, 0.4) is 0 Å². The van der Waals surface area contributed by atoms with Gasteiger partial charge >= 0.3 is 0 Å². The lowest BCUT2D eigenvalue weighted by molar-refractivity contribution is 0.250. The lowest BCUT2D eigenvalue weighted by Crippen LogP contribution is -2.40. The van der Waals surface area contributed by atoms with Crippen molar-refractivity contribution in [2.45, 2.75) is 43.7 Å². The summed E-state index contributed by atoms with van der Waals surface area (Å²) in [4.78, 5) is 7.73. The first kappa shape index (κ1) is 23.3. The Kier molecular flexibility index (Phi) is 8.49. The molecule has 0 radical (unpaired) electrons. The number of sulfone groups is 1. The molecule has 2 aromatic rings. The minimum atomic E-state index is -3.15. The fourth-order valence-electron chi connectivity index (χ4n) is 3.89. The molecule has 1 saturated heterocycles. The minimum absolute atomic E-state index is 0.357. The predicted molar refractivity (Wildman–Crippen MR) is 127 cm³/mol. The van der Waals surface area contributed by atoms with Gasteiger partial charge in [-0.3, -0.25) is 9.89 Å². The third-order valence-corrected chi connectivity index (χ3v) is 6.72. The van der Waals surface area contributed by atoms with E-state index in [1.807, 2.05) is 12.1 Å². The van der Waals surface area contributed by atoms with Gasteiger partial charge in [-0.1, -0.05) is 42.5 Å². The second-order valence-corrected chi connectivity index (χ2v) is 10.1. The molecule has 2 N–H and O–H groups in total. The maximum absolute atomic E-state index is 11.6. The molecule has 0 saturated carbocycles. The smallest absolute Gasteiger partial charge is 0.191 e. The van der Waals surface area contributed by atoms with E-state index in [2.05, 4.69) is 52.8 Å². The van der Waals surface area contributed by atoms with Crippen LogP contribution >= 0.6 is 0 Å². The molecule has 1 aliphatic rings. The van der Waals surface area contributed by atoms with Crippen molar-refractivity contribution in [3.8, 4) is 0 Å². The number of hydrogen-bond donors (Lipinski definition) is 2. The molecule has 2 aromatic carbocycles. The van der Waals surface area contributed by atoms with E-state index < -0.39 is 9.84 Å². The second-order valence-electron chi connectivity index (χ2n) is 8.06. The van der Waals surface area contributed by atoms with Crippen molar-refractivity contribution in [1.82, 2.24) is 15.5 Å². The van der Waals surface area contributed by atoms with Gasteiger partial charge in [-0.05, 0) is 56.0 Å². The fraction of sp³-hybridized carbons (Fsp3) is 0.458. The molecular formula is C24H34N4O2S. The van der Waals surface area contributed by atoms with Gasteiger partial charge in [-0.2, -0.15) is 0 Å². The number of nitrogens with zero attached hydrogens (tertiary/aromatic N) is 2. The SMILES string of the molecule is CCNC(=NCC1CCCN1Cc1ccccc1)NCCc1ccc(S(C)(=O)=O)cc1. The van der Waals surface area contributed by atoms with E-state index in [0.29, 0.717) is 10.9 Å². The van der Waals surface area contributed by atoms with E-state index in [9.17, 15) is 8.42 Å². The van der Waals surface area contributed by atoms with Crippen LogP contribution in [0, 0.1) is 0 Å². The van der Waals surface area contributed by atoms with Gasteiger partial charge in [0.1, 0.15) is 0 Å². The van der Waals surface area contributed by atoms with Gasteiger partial charge in [0, 0.05) is 31.9 Å². The number of aliphatic imine (C=N–C) groups is 1. The highest BCUT2D eigenvalue weighted by molar-refractivity contribution is 7.90. The molecule has 1 unspecified atom stereocenters. The summed E-state index contributed by atoms with van der Waals surface area (Å²) >= 11 is 0. The van der Waals surface area contributed by atoms with E-state index in [1.54, 1.807) is 12.1 Å². The lowest BCUT2D eigenvalue weighted by atomic mass is 10.1. The van der Waals surface area contributed by atoms with Gasteiger partial charge in [0.05, 0.1) is 11.4 Å². The summed E-state index contributed by atoms with van der Waals surface area (Å²) in [6.45, 7) is 6.51. The lowest BCUT2D eigenvalue weighted by Gasteiger charge is -2.23. The van der Waals surface area contributed by atoms with Crippen LogP contribution in [-0.2, 0) is 22.8 Å². The van der Waals surface area contributed by atoms with E-state index in [1.165, 1.54) is 24.7 Å². The molecule has 168 valence electrons. The Morgan fingerprint density at radius 1 is 1.06 bits per heavy atom. The molecule has 0 bridgehead atoms. The van der Waals surface area contributed by atoms with E-state index in [0.717, 1.165) is 50.7 Å². The number of rotatable bonds is 9. The largest absolute Gasteiger partial charge is 0.357 e. The van der Waals surface area contributed by atoms with Crippen LogP contribution < -0.4 is 10.6 Å². The summed E-state index contributed by atoms with van der Waals surface area (Å²) in [6.07, 6.45) is 4.44. The predicted octanol–water partition coefficient (Wildman–Crippen LogP) is 2.85. The molecule has 1 atom stereocenters. The maximum atomic E-state index is 11.6. The third-order valence-electron chi connectivity index (χ3n) is 5.59. The van der Waals surface area contributed by atoms with Crippen LogP contribution in [-0.4, -0.2) is 57.8 Å². The molecule has 0 aliphatic carbocycles. The van der Waals surface area contributed by atoms with Crippen LogP contribution in [0.15, 0.2) is 64.5 Å². The molecule has 3 rings (SSSR count). The van der Waals surface area contributed by atoms with Crippen molar-refractivity contribution in [3.05, 3.63) is 65.7 Å². The highest BCUT2D eigenvalue weighted by Gasteiger charge is 2.24. The number of likely N-dealkylation sites (tertiary alicyclic amines) is 1. The topological polar surface area (TPSA) is 73.8 Å². The molecular weight excluding hydrogens is 408 g/mol. The molecule has 0 aromatic heterocycles. The monoisotopic (exact) mass is 442 g/mol. The Morgan fingerprint density at radius 2 is 1.81 bits per heavy atom. The van der Waals surface area contributed by atoms with Crippen molar-refractivity contribution in [2.75, 3.05) is 32.4 Å². The average Bonchev–Trinajstić information content (AvgIpc) is 3.19. The Hall–Kier alpha value is -2.38. The minimum Gasteiger partial charge on any atom is -0.357 e. The van der Waals surface area contributed by atoms with Crippen molar-refractivity contribution >= 4 is 15.8 Å². The summed E-state index contributed by atoms with van der Waals surface area (Å²) in [5.74, 6) is 0.835. The van der Waals surface area contributed by atoms with E-state index in [4.69, 9.17) is 4.99 Å². The zero-order chi connectivity index (χ0) is 22.1. The zero-order valence-electron chi connectivity index (χ0n) is 18.5. The van der Waals surface area contributed by atoms with Crippen LogP contribution in [0.2, 0.25) is 0 Å². The molecule has 1 fully saturated rings. The van der Waals surface area contributed by atoms with Crippen LogP contribution in [0.25, 0.3) is 0 Å². The molecule has 1 heterocycles. The fourth-order valence-corrected chi connectivity index (χ4v) is 4.53. The molecule has 0 amide bonds. The van der Waals surface area contributed by atoms with Crippen LogP contribution in [0.1, 0.15) is 30.9 Å². The number of guanidine groups is 1. The third kappa shape index (κ3) is 7.36. The summed E-state index contributed by atoms with van der Waals surface area (Å²) in [7, 11) is -3.15. The zero-order valence-corrected chi connectivity index (χ0v) is 19.4. The van der Waals surface area contributed by atoms with Crippen LogP contribution in [0.5, 0.6) is 0 Å². The van der Waals surface area contributed by atoms with Crippen molar-refractivity contribution < 1.29 is 8.42 Å². The highest BCUT2D eigenvalue weighted by atomic mass is 32.2. The Bertz CT molecular complexity index is 943. The van der Waals surface area contributed by atoms with Crippen molar-refractivity contribution in [3.63, 3.8) is 0 Å². The van der Waals surface area contributed by atoms with Crippen LogP contribution in [0.4, 0.5) is 0 Å². The quantitative estimate of drug-likeness (QED) is 0.461. The summed E-state index contributed by atoms with van der Waals surface area (Å²) < 4.78 is 23.2. The van der Waals surface area contributed by atoms with Gasteiger partial charge in [0.25, 0.3) is 0 Å². The molecule has 7 heteroatoms. The standard InChI is InChI=1S/C24H34N4O2S/c1-3-25-24(26-16-15-20-11-13-23(14-12-20)31(2,29)30)27-18-22-10-7-17-28(22)19-21-8-5-4-6-9-21/h4-6,8-9,11-14,22H,3,7,10,15-19H2,1-2H3,(H2,25,26,27). The Balaban J connectivity index is 1.51. The van der Waals surface area contributed by atoms with Gasteiger partial charge in [-0.25, -0.2) is 8.42 Å². The van der Waals surface area contributed by atoms with Gasteiger partial charge < -0.3 is 10.6 Å². The summed E-state index contributed by atoms with van der Waals surface area (Å²) in [6, 6.07) is 18.2. The second kappa shape index (κ2) is 11.3. The Morgan fingerprint density at radius 3 is 2.48 bits per heavy atom. The average molecular weight is 443 g/mol. The first-order chi connectivity index (χ1) is 15.0. The van der Waals surface area contributed by atoms with Crippen molar-refractivity contribution in [1.29, 1.82) is 0 Å². The number of benzene rings is 2. The number of hydrogen-bond acceptors (Lipinski definition) is 4. The summed E-state index contributed by atoms with van der Waals surface area (Å²) in [5.41, 5.74) is 2.45. The van der Waals surface area contributed by atoms with Gasteiger partial charge in [-0.15, -0.1) is 0 Å². The summed E-state index contributed by atoms with van der Waals surface area (Å²) in [5, 5.41) is 6.73. The van der Waals surface area contributed by atoms with Crippen molar-refractivity contribution in [2.24, 2.45) is 4.99 Å². The number of nitrogens with one attached hydrogen (secondary N) is 2. The highest BCUT2D eigenvalue weighted by Crippen LogP contribution is 2.20. The Labute approximate surface area is 186 Å². The van der Waals surface area contributed by atoms with E-state index in [-0.39, 0.29) is 0 Å². The first-order valence-electron chi connectivity index (χ1n) is 11.0.